The molecule has 0 spiro atoms. The molecule has 1 heterocycles. The molecule has 1 aromatic heterocycles. The Morgan fingerprint density at radius 1 is 0.795 bits per heavy atom. The molecular weight excluding hydrogens is 580 g/mol. The molecule has 4 atom stereocenters. The number of nitrogens with zero attached hydrogens (tertiary/aromatic N) is 2. The lowest BCUT2D eigenvalue weighted by molar-refractivity contribution is -0.151. The summed E-state index contributed by atoms with van der Waals surface area (Å²) in [5.41, 5.74) is 2.01. The minimum Gasteiger partial charge on any atom is -0.361 e. The van der Waals surface area contributed by atoms with E-state index in [0.717, 1.165) is 16.5 Å². The van der Waals surface area contributed by atoms with E-state index >= 15 is 0 Å². The van der Waals surface area contributed by atoms with E-state index in [-0.39, 0.29) is 47.3 Å². The highest BCUT2D eigenvalue weighted by Gasteiger charge is 2.40. The lowest BCUT2D eigenvalue weighted by Crippen LogP contribution is -2.61. The Bertz CT molecular complexity index is 1290. The molecule has 4 N–H and O–H groups in total. The fourth-order valence-corrected chi connectivity index (χ4v) is 6.00. The number of hydrogen-bond acceptors (Lipinski definition) is 5. The molecule has 0 fully saturated rings. The van der Waals surface area contributed by atoms with Crippen LogP contribution in [-0.2, 0) is 25.6 Å². The Balaban J connectivity index is 2.19. The summed E-state index contributed by atoms with van der Waals surface area (Å²) in [5, 5.41) is 10.6. The third-order valence-corrected chi connectivity index (χ3v) is 8.46. The van der Waals surface area contributed by atoms with Crippen LogP contribution in [0.4, 0.5) is 0 Å². The number of benzene rings is 1. The first-order valence-electron chi connectivity index (χ1n) is 15.6. The highest BCUT2D eigenvalue weighted by atomic mass is 35.5. The van der Waals surface area contributed by atoms with Crippen molar-refractivity contribution in [2.75, 3.05) is 27.7 Å². The molecular formula is C33H53ClN6O4. The SMILES string of the molecule is CN[C@H](C(=O)N[C@H](C(=O)N(C)[C@H](C(=O)N(C)[C@H](C(=O)NCCc1c[nH]c2ccc(Cl)cc12)C(C)C)C(C)C)C(C)C)C(C)C. The van der Waals surface area contributed by atoms with Gasteiger partial charge in [-0.05, 0) is 60.9 Å². The maximum atomic E-state index is 14.0. The number of fused-ring (bicyclic) bond motifs is 1. The second-order valence-electron chi connectivity index (χ2n) is 13.1. The number of carbonyl (C=O) groups is 4. The predicted molar refractivity (Wildman–Crippen MR) is 177 cm³/mol. The topological polar surface area (TPSA) is 127 Å². The second-order valence-corrected chi connectivity index (χ2v) is 13.5. The molecule has 0 aliphatic rings. The van der Waals surface area contributed by atoms with Crippen LogP contribution in [0, 0.1) is 23.7 Å². The first kappa shape index (κ1) is 37.1. The monoisotopic (exact) mass is 632 g/mol. The van der Waals surface area contributed by atoms with Gasteiger partial charge in [0.2, 0.25) is 23.6 Å². The fourth-order valence-electron chi connectivity index (χ4n) is 5.83. The van der Waals surface area contributed by atoms with Gasteiger partial charge >= 0.3 is 0 Å². The first-order valence-corrected chi connectivity index (χ1v) is 15.9. The van der Waals surface area contributed by atoms with Gasteiger partial charge < -0.3 is 30.7 Å². The van der Waals surface area contributed by atoms with Gasteiger partial charge in [-0.1, -0.05) is 67.0 Å². The van der Waals surface area contributed by atoms with E-state index in [0.29, 0.717) is 18.0 Å². The van der Waals surface area contributed by atoms with Crippen molar-refractivity contribution in [3.8, 4) is 0 Å². The normalized spacial score (nSPS) is 14.5. The molecule has 0 aliphatic heterocycles. The molecule has 0 radical (unpaired) electrons. The summed E-state index contributed by atoms with van der Waals surface area (Å²) in [4.78, 5) is 60.4. The van der Waals surface area contributed by atoms with Gasteiger partial charge in [-0.3, -0.25) is 19.2 Å². The molecule has 44 heavy (non-hydrogen) atoms. The second kappa shape index (κ2) is 16.3. The molecule has 0 saturated heterocycles. The summed E-state index contributed by atoms with van der Waals surface area (Å²) in [6.45, 7) is 15.5. The van der Waals surface area contributed by atoms with Gasteiger partial charge in [0.15, 0.2) is 0 Å². The van der Waals surface area contributed by atoms with E-state index in [1.165, 1.54) is 9.80 Å². The highest BCUT2D eigenvalue weighted by molar-refractivity contribution is 6.31. The maximum Gasteiger partial charge on any atom is 0.246 e. The number of carbonyl (C=O) groups excluding carboxylic acids is 4. The minimum atomic E-state index is -0.833. The van der Waals surface area contributed by atoms with Gasteiger partial charge in [0.05, 0.1) is 6.04 Å². The molecule has 2 aromatic rings. The van der Waals surface area contributed by atoms with Crippen LogP contribution in [0.25, 0.3) is 10.9 Å². The van der Waals surface area contributed by atoms with Crippen LogP contribution in [0.15, 0.2) is 24.4 Å². The van der Waals surface area contributed by atoms with Crippen molar-refractivity contribution in [2.45, 2.75) is 86.0 Å². The molecule has 0 aliphatic carbocycles. The van der Waals surface area contributed by atoms with Crippen LogP contribution in [0.3, 0.4) is 0 Å². The van der Waals surface area contributed by atoms with E-state index in [4.69, 9.17) is 11.6 Å². The first-order chi connectivity index (χ1) is 20.5. The predicted octanol–water partition coefficient (Wildman–Crippen LogP) is 3.83. The van der Waals surface area contributed by atoms with Crippen molar-refractivity contribution < 1.29 is 19.2 Å². The lowest BCUT2D eigenvalue weighted by atomic mass is 9.95. The Kier molecular flexibility index (Phi) is 13.7. The standard InChI is InChI=1S/C33H53ClN6O4/c1-18(2)26(35-9)30(41)38-27(19(3)4)32(43)40(11)29(21(7)8)33(44)39(10)28(20(5)6)31(42)36-15-14-22-17-37-25-13-12-23(34)16-24(22)25/h12-13,16-21,26-29,35,37H,14-15H2,1-11H3,(H,36,42)(H,38,41)/t26-,27-,28-,29-/m0/s1. The number of nitrogens with one attached hydrogen (secondary N) is 4. The number of H-pyrrole nitrogens is 1. The minimum absolute atomic E-state index is 0.0271. The van der Waals surface area contributed by atoms with Crippen molar-refractivity contribution in [1.29, 1.82) is 0 Å². The van der Waals surface area contributed by atoms with Gasteiger partial charge in [-0.2, -0.15) is 0 Å². The molecule has 0 unspecified atom stereocenters. The zero-order valence-electron chi connectivity index (χ0n) is 28.2. The molecule has 2 rings (SSSR count). The third kappa shape index (κ3) is 8.97. The molecule has 1 aromatic carbocycles. The molecule has 4 amide bonds. The van der Waals surface area contributed by atoms with Crippen LogP contribution in [-0.4, -0.2) is 90.3 Å². The van der Waals surface area contributed by atoms with Crippen molar-refractivity contribution in [1.82, 2.24) is 30.7 Å². The van der Waals surface area contributed by atoms with Gasteiger partial charge in [0.1, 0.15) is 18.1 Å². The zero-order chi connectivity index (χ0) is 33.5. The lowest BCUT2D eigenvalue weighted by Gasteiger charge is -2.39. The van der Waals surface area contributed by atoms with Crippen molar-refractivity contribution in [3.05, 3.63) is 35.0 Å². The van der Waals surface area contributed by atoms with Crippen LogP contribution in [0.5, 0.6) is 0 Å². The number of aromatic nitrogens is 1. The Labute approximate surface area is 268 Å². The summed E-state index contributed by atoms with van der Waals surface area (Å²) >= 11 is 6.18. The Hall–Kier alpha value is -3.11. The Morgan fingerprint density at radius 3 is 1.89 bits per heavy atom. The van der Waals surface area contributed by atoms with Gasteiger partial charge in [0, 0.05) is 42.8 Å². The van der Waals surface area contributed by atoms with E-state index in [1.54, 1.807) is 21.1 Å². The highest BCUT2D eigenvalue weighted by Crippen LogP contribution is 2.23. The van der Waals surface area contributed by atoms with E-state index < -0.39 is 24.2 Å². The average Bonchev–Trinajstić information content (AvgIpc) is 3.32. The number of rotatable bonds is 15. The van der Waals surface area contributed by atoms with Crippen LogP contribution >= 0.6 is 11.6 Å². The number of halogens is 1. The number of hydrogen-bond donors (Lipinski definition) is 4. The van der Waals surface area contributed by atoms with Crippen LogP contribution in [0.1, 0.15) is 61.0 Å². The summed E-state index contributed by atoms with van der Waals surface area (Å²) < 4.78 is 0. The summed E-state index contributed by atoms with van der Waals surface area (Å²) in [5.74, 6) is -1.81. The van der Waals surface area contributed by atoms with Gasteiger partial charge in [0.25, 0.3) is 0 Å². The molecule has 246 valence electrons. The van der Waals surface area contributed by atoms with Crippen molar-refractivity contribution in [3.63, 3.8) is 0 Å². The summed E-state index contributed by atoms with van der Waals surface area (Å²) in [6, 6.07) is 2.80. The van der Waals surface area contributed by atoms with Crippen molar-refractivity contribution in [2.24, 2.45) is 23.7 Å². The third-order valence-electron chi connectivity index (χ3n) is 8.23. The van der Waals surface area contributed by atoms with Crippen LogP contribution in [0.2, 0.25) is 5.02 Å². The number of likely N-dealkylation sites (N-methyl/N-ethyl adjacent to an activating group) is 3. The molecule has 11 heteroatoms. The smallest absolute Gasteiger partial charge is 0.246 e. The van der Waals surface area contributed by atoms with Gasteiger partial charge in [-0.25, -0.2) is 0 Å². The largest absolute Gasteiger partial charge is 0.361 e. The molecule has 10 nitrogen and oxygen atoms in total. The van der Waals surface area contributed by atoms with Gasteiger partial charge in [-0.15, -0.1) is 0 Å². The number of aromatic amines is 1. The molecule has 0 bridgehead atoms. The Morgan fingerprint density at radius 2 is 1.36 bits per heavy atom. The quantitative estimate of drug-likeness (QED) is 0.237. The average molecular weight is 633 g/mol. The number of amides is 4. The fraction of sp³-hybridized carbons (Fsp3) is 0.636. The zero-order valence-corrected chi connectivity index (χ0v) is 29.0. The van der Waals surface area contributed by atoms with E-state index in [9.17, 15) is 19.2 Å². The maximum absolute atomic E-state index is 14.0. The van der Waals surface area contributed by atoms with E-state index in [2.05, 4.69) is 20.9 Å². The van der Waals surface area contributed by atoms with Crippen LogP contribution < -0.4 is 16.0 Å². The molecule has 0 saturated carbocycles. The summed E-state index contributed by atoms with van der Waals surface area (Å²) in [6.07, 6.45) is 2.51. The summed E-state index contributed by atoms with van der Waals surface area (Å²) in [7, 11) is 4.92. The van der Waals surface area contributed by atoms with E-state index in [1.807, 2.05) is 79.8 Å². The van der Waals surface area contributed by atoms with Crippen molar-refractivity contribution >= 4 is 46.1 Å².